The molecule has 0 aliphatic heterocycles. The molecule has 2 N–H and O–H groups in total. The van der Waals surface area contributed by atoms with Crippen LogP contribution in [-0.2, 0) is 6.42 Å². The van der Waals surface area contributed by atoms with Gasteiger partial charge in [0.05, 0.1) is 11.9 Å². The number of fused-ring (bicyclic) bond motifs is 1. The summed E-state index contributed by atoms with van der Waals surface area (Å²) >= 11 is 0. The number of aryl methyl sites for hydroxylation is 1. The van der Waals surface area contributed by atoms with Crippen molar-refractivity contribution in [1.82, 2.24) is 19.4 Å². The Hall–Kier alpha value is -2.63. The van der Waals surface area contributed by atoms with Crippen molar-refractivity contribution in [3.63, 3.8) is 0 Å². The number of aromatic nitrogens is 4. The fourth-order valence-electron chi connectivity index (χ4n) is 1.99. The molecule has 0 unspecified atom stereocenters. The summed E-state index contributed by atoms with van der Waals surface area (Å²) < 4.78 is 2.59. The summed E-state index contributed by atoms with van der Waals surface area (Å²) in [6, 6.07) is 7.99. The maximum Gasteiger partial charge on any atom is 0.282 e. The van der Waals surface area contributed by atoms with Crippen LogP contribution in [0.15, 0.2) is 41.6 Å². The van der Waals surface area contributed by atoms with E-state index in [1.807, 2.05) is 24.3 Å². The minimum Gasteiger partial charge on any atom is -0.335 e. The fourth-order valence-corrected chi connectivity index (χ4v) is 1.99. The van der Waals surface area contributed by atoms with Gasteiger partial charge in [0.1, 0.15) is 11.7 Å². The van der Waals surface area contributed by atoms with E-state index in [0.717, 1.165) is 16.8 Å². The molecule has 0 saturated heterocycles. The summed E-state index contributed by atoms with van der Waals surface area (Å²) in [5.41, 5.74) is 2.32. The Morgan fingerprint density at radius 1 is 1.26 bits per heavy atom. The monoisotopic (exact) mass is 255 g/mol. The summed E-state index contributed by atoms with van der Waals surface area (Å²) in [4.78, 5) is 16.0. The Bertz CT molecular complexity index is 785. The fraction of sp³-hybridized carbons (Fsp3) is 0.154. The smallest absolute Gasteiger partial charge is 0.282 e. The first-order chi connectivity index (χ1) is 9.20. The van der Waals surface area contributed by atoms with Crippen molar-refractivity contribution in [2.24, 2.45) is 0 Å². The molecule has 2 heterocycles. The highest BCUT2D eigenvalue weighted by molar-refractivity contribution is 5.74. The number of nitrogen functional groups attached to an aromatic ring is 1. The van der Waals surface area contributed by atoms with Crippen LogP contribution in [0.4, 0.5) is 0 Å². The average molecular weight is 255 g/mol. The molecule has 0 aliphatic rings. The summed E-state index contributed by atoms with van der Waals surface area (Å²) in [5.74, 6) is 5.48. The van der Waals surface area contributed by atoms with E-state index < -0.39 is 0 Å². The van der Waals surface area contributed by atoms with Gasteiger partial charge in [-0.05, 0) is 24.1 Å². The molecule has 96 valence electrons. The van der Waals surface area contributed by atoms with Crippen molar-refractivity contribution in [2.45, 2.75) is 13.3 Å². The van der Waals surface area contributed by atoms with Gasteiger partial charge in [0.2, 0.25) is 0 Å². The van der Waals surface area contributed by atoms with Crippen molar-refractivity contribution >= 4 is 11.0 Å². The summed E-state index contributed by atoms with van der Waals surface area (Å²) in [6.07, 6.45) is 3.77. The number of hydrogen-bond acceptors (Lipinski definition) is 4. The lowest BCUT2D eigenvalue weighted by Crippen LogP contribution is -2.26. The molecule has 0 atom stereocenters. The van der Waals surface area contributed by atoms with Crippen LogP contribution in [0.5, 0.6) is 0 Å². The van der Waals surface area contributed by atoms with Crippen molar-refractivity contribution in [2.75, 3.05) is 5.84 Å². The van der Waals surface area contributed by atoms with Crippen LogP contribution in [0.1, 0.15) is 12.5 Å². The van der Waals surface area contributed by atoms with Gasteiger partial charge in [0, 0.05) is 0 Å². The molecule has 0 fully saturated rings. The normalized spacial score (nSPS) is 11.0. The number of nitrogens with zero attached hydrogens (tertiary/aromatic N) is 4. The largest absolute Gasteiger partial charge is 0.335 e. The van der Waals surface area contributed by atoms with Gasteiger partial charge in [0.25, 0.3) is 5.56 Å². The van der Waals surface area contributed by atoms with Gasteiger partial charge in [-0.15, -0.1) is 0 Å². The quantitative estimate of drug-likeness (QED) is 0.689. The standard InChI is InChI=1S/C13H13N5O/c1-2-9-3-5-10(6-4-9)18-12-11(7-16-18)13(19)17(14)8-15-12/h3-8H,2,14H2,1H3. The third-order valence-electron chi connectivity index (χ3n) is 3.10. The third-order valence-corrected chi connectivity index (χ3v) is 3.10. The molecule has 1 aromatic carbocycles. The van der Waals surface area contributed by atoms with Crippen LogP contribution < -0.4 is 11.4 Å². The molecule has 0 bridgehead atoms. The zero-order valence-electron chi connectivity index (χ0n) is 10.4. The molecule has 2 aromatic heterocycles. The highest BCUT2D eigenvalue weighted by Crippen LogP contribution is 2.14. The van der Waals surface area contributed by atoms with Crippen molar-refractivity contribution in [1.29, 1.82) is 0 Å². The number of nitrogens with two attached hydrogens (primary N) is 1. The molecule has 6 nitrogen and oxygen atoms in total. The van der Waals surface area contributed by atoms with E-state index in [1.54, 1.807) is 4.68 Å². The van der Waals surface area contributed by atoms with Crippen LogP contribution in [0, 0.1) is 0 Å². The Balaban J connectivity index is 2.20. The van der Waals surface area contributed by atoms with Crippen LogP contribution in [0.25, 0.3) is 16.7 Å². The maximum absolute atomic E-state index is 11.8. The Kier molecular flexibility index (Phi) is 2.56. The summed E-state index contributed by atoms with van der Waals surface area (Å²) in [5, 5.41) is 4.62. The van der Waals surface area contributed by atoms with E-state index in [2.05, 4.69) is 17.0 Å². The molecule has 19 heavy (non-hydrogen) atoms. The number of benzene rings is 1. The maximum atomic E-state index is 11.8. The van der Waals surface area contributed by atoms with Crippen LogP contribution in [0.3, 0.4) is 0 Å². The zero-order valence-corrected chi connectivity index (χ0v) is 10.4. The second-order valence-corrected chi connectivity index (χ2v) is 4.27. The predicted molar refractivity (Wildman–Crippen MR) is 72.7 cm³/mol. The SMILES string of the molecule is CCc1ccc(-n2ncc3c(=O)n(N)cnc32)cc1. The molecule has 0 spiro atoms. The van der Waals surface area contributed by atoms with E-state index in [1.165, 1.54) is 18.1 Å². The Labute approximate surface area is 109 Å². The van der Waals surface area contributed by atoms with E-state index in [0.29, 0.717) is 11.0 Å². The van der Waals surface area contributed by atoms with Gasteiger partial charge in [-0.2, -0.15) is 5.10 Å². The number of hydrogen-bond donors (Lipinski definition) is 1. The topological polar surface area (TPSA) is 78.7 Å². The van der Waals surface area contributed by atoms with E-state index in [9.17, 15) is 4.79 Å². The van der Waals surface area contributed by atoms with Gasteiger partial charge in [-0.3, -0.25) is 4.79 Å². The molecular weight excluding hydrogens is 242 g/mol. The van der Waals surface area contributed by atoms with Gasteiger partial charge in [-0.1, -0.05) is 19.1 Å². The summed E-state index contributed by atoms with van der Waals surface area (Å²) in [6.45, 7) is 2.10. The molecule has 0 saturated carbocycles. The minimum atomic E-state index is -0.304. The molecule has 0 radical (unpaired) electrons. The van der Waals surface area contributed by atoms with E-state index in [4.69, 9.17) is 5.84 Å². The van der Waals surface area contributed by atoms with E-state index in [-0.39, 0.29) is 5.56 Å². The molecule has 3 aromatic rings. The summed E-state index contributed by atoms with van der Waals surface area (Å²) in [7, 11) is 0. The first-order valence-electron chi connectivity index (χ1n) is 6.00. The van der Waals surface area contributed by atoms with Gasteiger partial charge >= 0.3 is 0 Å². The van der Waals surface area contributed by atoms with Crippen molar-refractivity contribution < 1.29 is 0 Å². The highest BCUT2D eigenvalue weighted by atomic mass is 16.1. The molecule has 6 heteroatoms. The van der Waals surface area contributed by atoms with Crippen molar-refractivity contribution in [3.8, 4) is 5.69 Å². The lowest BCUT2D eigenvalue weighted by atomic mass is 10.1. The lowest BCUT2D eigenvalue weighted by Gasteiger charge is -2.04. The second kappa shape index (κ2) is 4.24. The zero-order chi connectivity index (χ0) is 13.4. The van der Waals surface area contributed by atoms with Gasteiger partial charge in [-0.25, -0.2) is 14.3 Å². The molecule has 3 rings (SSSR count). The predicted octanol–water partition coefficient (Wildman–Crippen LogP) is 0.858. The van der Waals surface area contributed by atoms with Crippen molar-refractivity contribution in [3.05, 3.63) is 52.7 Å². The minimum absolute atomic E-state index is 0.304. The van der Waals surface area contributed by atoms with Gasteiger partial charge < -0.3 is 5.84 Å². The second-order valence-electron chi connectivity index (χ2n) is 4.27. The van der Waals surface area contributed by atoms with E-state index >= 15 is 0 Å². The first-order valence-corrected chi connectivity index (χ1v) is 6.00. The lowest BCUT2D eigenvalue weighted by molar-refractivity contribution is 0.873. The first kappa shape index (κ1) is 11.5. The van der Waals surface area contributed by atoms with Gasteiger partial charge in [0.15, 0.2) is 5.65 Å². The average Bonchev–Trinajstić information content (AvgIpc) is 2.87. The Morgan fingerprint density at radius 2 is 2.00 bits per heavy atom. The third kappa shape index (κ3) is 1.77. The van der Waals surface area contributed by atoms with Crippen LogP contribution in [-0.4, -0.2) is 19.4 Å². The van der Waals surface area contributed by atoms with Crippen LogP contribution >= 0.6 is 0 Å². The highest BCUT2D eigenvalue weighted by Gasteiger charge is 2.10. The molecular formula is C13H13N5O. The molecule has 0 aliphatic carbocycles. The number of rotatable bonds is 2. The van der Waals surface area contributed by atoms with Crippen LogP contribution in [0.2, 0.25) is 0 Å². The Morgan fingerprint density at radius 3 is 2.68 bits per heavy atom. The molecule has 0 amide bonds.